The maximum absolute atomic E-state index is 3.07. The van der Waals surface area contributed by atoms with Crippen molar-refractivity contribution in [2.45, 2.75) is 52.4 Å². The van der Waals surface area contributed by atoms with Crippen molar-refractivity contribution in [3.8, 4) is 11.8 Å². The Hall–Kier alpha value is -2.52. The third-order valence-corrected chi connectivity index (χ3v) is 4.40. The van der Waals surface area contributed by atoms with Crippen molar-refractivity contribution in [2.24, 2.45) is 0 Å². The van der Waals surface area contributed by atoms with Crippen LogP contribution in [-0.2, 0) is 12.8 Å². The van der Waals surface area contributed by atoms with Crippen molar-refractivity contribution in [1.29, 1.82) is 0 Å². The van der Waals surface area contributed by atoms with Crippen LogP contribution in [0.15, 0.2) is 60.7 Å². The first-order valence-corrected chi connectivity index (χ1v) is 9.84. The molecule has 0 aliphatic heterocycles. The Morgan fingerprint density at radius 3 is 1.35 bits per heavy atom. The predicted octanol–water partition coefficient (Wildman–Crippen LogP) is 7.10. The molecule has 0 fully saturated rings. The molecule has 0 bridgehead atoms. The fourth-order valence-electron chi connectivity index (χ4n) is 2.72. The number of rotatable bonds is 8. The first-order valence-electron chi connectivity index (χ1n) is 9.84. The van der Waals surface area contributed by atoms with Gasteiger partial charge < -0.3 is 0 Å². The second kappa shape index (κ2) is 11.9. The highest BCUT2D eigenvalue weighted by Crippen LogP contribution is 2.10. The molecule has 0 spiro atoms. The van der Waals surface area contributed by atoms with Gasteiger partial charge in [0.05, 0.1) is 0 Å². The minimum Gasteiger partial charge on any atom is -0.0702 e. The number of aryl methyl sites for hydroxylation is 2. The van der Waals surface area contributed by atoms with Crippen molar-refractivity contribution in [2.75, 3.05) is 0 Å². The number of allylic oxidation sites excluding steroid dienone is 2. The zero-order valence-corrected chi connectivity index (χ0v) is 16.2. The third kappa shape index (κ3) is 7.58. The summed E-state index contributed by atoms with van der Waals surface area (Å²) in [7, 11) is 0. The Kier molecular flexibility index (Phi) is 9.09. The molecule has 0 unspecified atom stereocenters. The topological polar surface area (TPSA) is 0 Å². The molecule has 0 nitrogen and oxygen atoms in total. The maximum Gasteiger partial charge on any atom is -0.0109 e. The lowest BCUT2D eigenvalue weighted by Gasteiger charge is -1.99. The van der Waals surface area contributed by atoms with Gasteiger partial charge in [-0.2, -0.15) is 0 Å². The molecule has 2 rings (SSSR count). The highest BCUT2D eigenvalue weighted by Gasteiger charge is 1.92. The minimum absolute atomic E-state index is 1.17. The van der Waals surface area contributed by atoms with Crippen LogP contribution in [0.1, 0.15) is 61.8 Å². The Morgan fingerprint density at radius 1 is 0.615 bits per heavy atom. The molecule has 0 radical (unpaired) electrons. The molecular formula is C26H30. The van der Waals surface area contributed by atoms with Crippen LogP contribution in [0.5, 0.6) is 0 Å². The lowest BCUT2D eigenvalue weighted by Crippen LogP contribution is -1.84. The van der Waals surface area contributed by atoms with E-state index in [1.807, 2.05) is 12.2 Å². The fraction of sp³-hybridized carbons (Fsp3) is 0.308. The standard InChI is InChI=1S/C26H30/c1-3-5-11-23-15-19-25(20-16-23)13-9-7-8-10-14-26-21-17-24(18-22-26)12-6-4-2/h9-10,13-22H,3-6,11-12H2,1-2H3. The van der Waals surface area contributed by atoms with Gasteiger partial charge in [0.25, 0.3) is 0 Å². The lowest BCUT2D eigenvalue weighted by atomic mass is 10.1. The van der Waals surface area contributed by atoms with E-state index in [1.165, 1.54) is 60.8 Å². The second-order valence-electron chi connectivity index (χ2n) is 6.65. The molecule has 2 aromatic carbocycles. The molecule has 2 aromatic rings. The van der Waals surface area contributed by atoms with Crippen LogP contribution in [-0.4, -0.2) is 0 Å². The fourth-order valence-corrected chi connectivity index (χ4v) is 2.72. The minimum atomic E-state index is 1.17. The van der Waals surface area contributed by atoms with Crippen molar-refractivity contribution in [1.82, 2.24) is 0 Å². The molecule has 26 heavy (non-hydrogen) atoms. The van der Waals surface area contributed by atoms with Gasteiger partial charge in [-0.05, 0) is 72.2 Å². The van der Waals surface area contributed by atoms with Crippen LogP contribution in [0.3, 0.4) is 0 Å². The quantitative estimate of drug-likeness (QED) is 0.449. The average molecular weight is 343 g/mol. The number of hydrogen-bond acceptors (Lipinski definition) is 0. The van der Waals surface area contributed by atoms with E-state index in [0.717, 1.165) is 0 Å². The maximum atomic E-state index is 3.07. The van der Waals surface area contributed by atoms with E-state index < -0.39 is 0 Å². The molecule has 134 valence electrons. The Bertz CT molecular complexity index is 681. The molecule has 0 N–H and O–H groups in total. The van der Waals surface area contributed by atoms with Crippen molar-refractivity contribution in [3.05, 3.63) is 82.9 Å². The Morgan fingerprint density at radius 2 is 1.00 bits per heavy atom. The highest BCUT2D eigenvalue weighted by atomic mass is 14.0. The van der Waals surface area contributed by atoms with E-state index in [2.05, 4.69) is 86.4 Å². The Balaban J connectivity index is 1.81. The van der Waals surface area contributed by atoms with Crippen LogP contribution in [0, 0.1) is 11.8 Å². The van der Waals surface area contributed by atoms with Crippen LogP contribution in [0.2, 0.25) is 0 Å². The zero-order valence-electron chi connectivity index (χ0n) is 16.2. The van der Waals surface area contributed by atoms with E-state index in [9.17, 15) is 0 Å². The molecular weight excluding hydrogens is 312 g/mol. The van der Waals surface area contributed by atoms with Gasteiger partial charge in [-0.3, -0.25) is 0 Å². The molecule has 0 aliphatic carbocycles. The molecule has 0 aromatic heterocycles. The third-order valence-electron chi connectivity index (χ3n) is 4.40. The average Bonchev–Trinajstić information content (AvgIpc) is 2.69. The monoisotopic (exact) mass is 342 g/mol. The van der Waals surface area contributed by atoms with E-state index in [0.29, 0.717) is 0 Å². The summed E-state index contributed by atoms with van der Waals surface area (Å²) in [6.07, 6.45) is 15.3. The normalized spacial score (nSPS) is 11.0. The van der Waals surface area contributed by atoms with Gasteiger partial charge in [0.2, 0.25) is 0 Å². The van der Waals surface area contributed by atoms with Gasteiger partial charge >= 0.3 is 0 Å². The van der Waals surface area contributed by atoms with Crippen LogP contribution < -0.4 is 0 Å². The lowest BCUT2D eigenvalue weighted by molar-refractivity contribution is 0.795. The largest absolute Gasteiger partial charge is 0.0702 e. The van der Waals surface area contributed by atoms with E-state index in [-0.39, 0.29) is 0 Å². The van der Waals surface area contributed by atoms with Gasteiger partial charge in [-0.25, -0.2) is 0 Å². The van der Waals surface area contributed by atoms with Crippen LogP contribution >= 0.6 is 0 Å². The van der Waals surface area contributed by atoms with Gasteiger partial charge in [-0.1, -0.05) is 87.1 Å². The SMILES string of the molecule is CCCCc1ccc(C=CC#CC=Cc2ccc(CCCC)cc2)cc1. The number of hydrogen-bond donors (Lipinski definition) is 0. The van der Waals surface area contributed by atoms with Gasteiger partial charge in [0.15, 0.2) is 0 Å². The molecule has 0 aliphatic rings. The molecule has 0 amide bonds. The summed E-state index contributed by atoms with van der Waals surface area (Å²) in [5.74, 6) is 6.15. The summed E-state index contributed by atoms with van der Waals surface area (Å²) in [5, 5.41) is 0. The zero-order chi connectivity index (χ0) is 18.5. The van der Waals surface area contributed by atoms with Crippen LogP contribution in [0.25, 0.3) is 12.2 Å². The summed E-state index contributed by atoms with van der Waals surface area (Å²) in [6.45, 7) is 4.46. The number of benzene rings is 2. The smallest absolute Gasteiger partial charge is 0.0109 e. The van der Waals surface area contributed by atoms with Crippen molar-refractivity contribution < 1.29 is 0 Å². The highest BCUT2D eigenvalue weighted by molar-refractivity contribution is 5.56. The van der Waals surface area contributed by atoms with E-state index in [4.69, 9.17) is 0 Å². The molecule has 0 saturated heterocycles. The van der Waals surface area contributed by atoms with Gasteiger partial charge in [0.1, 0.15) is 0 Å². The van der Waals surface area contributed by atoms with E-state index in [1.54, 1.807) is 0 Å². The molecule has 0 saturated carbocycles. The first kappa shape index (κ1) is 19.8. The Labute approximate surface area is 159 Å². The first-order chi connectivity index (χ1) is 12.8. The van der Waals surface area contributed by atoms with Gasteiger partial charge in [-0.15, -0.1) is 0 Å². The summed E-state index contributed by atoms with van der Waals surface area (Å²) in [5.41, 5.74) is 5.23. The summed E-state index contributed by atoms with van der Waals surface area (Å²) in [6, 6.07) is 17.5. The number of unbranched alkanes of at least 4 members (excludes halogenated alkanes) is 2. The van der Waals surface area contributed by atoms with Crippen molar-refractivity contribution in [3.63, 3.8) is 0 Å². The second-order valence-corrected chi connectivity index (χ2v) is 6.65. The van der Waals surface area contributed by atoms with Crippen molar-refractivity contribution >= 4 is 12.2 Å². The molecule has 0 atom stereocenters. The molecule has 0 heteroatoms. The predicted molar refractivity (Wildman–Crippen MR) is 116 cm³/mol. The summed E-state index contributed by atoms with van der Waals surface area (Å²) >= 11 is 0. The van der Waals surface area contributed by atoms with Gasteiger partial charge in [0, 0.05) is 0 Å². The van der Waals surface area contributed by atoms with E-state index >= 15 is 0 Å². The molecule has 0 heterocycles. The summed E-state index contributed by atoms with van der Waals surface area (Å²) in [4.78, 5) is 0. The van der Waals surface area contributed by atoms with Crippen LogP contribution in [0.4, 0.5) is 0 Å². The summed E-state index contributed by atoms with van der Waals surface area (Å²) < 4.78 is 0.